The number of aromatic nitrogens is 8. The Kier molecular flexibility index (Phi) is 6.14. The zero-order chi connectivity index (χ0) is 29.0. The van der Waals surface area contributed by atoms with E-state index in [-0.39, 0.29) is 12.6 Å². The van der Waals surface area contributed by atoms with Crippen molar-refractivity contribution < 1.29 is 12.8 Å². The third kappa shape index (κ3) is 4.93. The number of hydrogen-bond acceptors (Lipinski definition) is 10. The quantitative estimate of drug-likeness (QED) is 0.217. The molecule has 0 amide bonds. The number of imidazole rings is 1. The molecule has 0 aliphatic carbocycles. The van der Waals surface area contributed by atoms with Crippen molar-refractivity contribution in [3.63, 3.8) is 0 Å². The van der Waals surface area contributed by atoms with Crippen LogP contribution in [0.5, 0.6) is 0 Å². The number of sulfonamides is 1. The van der Waals surface area contributed by atoms with Gasteiger partial charge in [0.15, 0.2) is 5.82 Å². The molecule has 42 heavy (non-hydrogen) atoms. The van der Waals surface area contributed by atoms with E-state index in [1.54, 1.807) is 36.9 Å². The molecule has 7 rings (SSSR count). The van der Waals surface area contributed by atoms with E-state index in [4.69, 9.17) is 15.7 Å². The van der Waals surface area contributed by atoms with Crippen molar-refractivity contribution in [3.05, 3.63) is 66.5 Å². The van der Waals surface area contributed by atoms with E-state index in [9.17, 15) is 12.8 Å². The Morgan fingerprint density at radius 1 is 1.05 bits per heavy atom. The van der Waals surface area contributed by atoms with Crippen LogP contribution >= 0.6 is 0 Å². The van der Waals surface area contributed by atoms with Crippen LogP contribution in [0.1, 0.15) is 5.56 Å². The van der Waals surface area contributed by atoms with Crippen molar-refractivity contribution in [2.45, 2.75) is 12.6 Å². The molecule has 0 saturated carbocycles. The number of pyridine rings is 2. The van der Waals surface area contributed by atoms with Crippen LogP contribution in [0.2, 0.25) is 0 Å². The number of H-pyrrole nitrogens is 2. The number of benzene rings is 1. The average Bonchev–Trinajstić information content (AvgIpc) is 3.57. The van der Waals surface area contributed by atoms with Crippen LogP contribution in [-0.4, -0.2) is 73.9 Å². The van der Waals surface area contributed by atoms with Gasteiger partial charge in [-0.2, -0.15) is 5.10 Å². The van der Waals surface area contributed by atoms with Gasteiger partial charge in [-0.25, -0.2) is 27.5 Å². The van der Waals surface area contributed by atoms with Gasteiger partial charge in [0.1, 0.15) is 28.5 Å². The molecule has 212 valence electrons. The van der Waals surface area contributed by atoms with Crippen LogP contribution in [0.15, 0.2) is 55.1 Å². The first-order valence-corrected chi connectivity index (χ1v) is 14.9. The summed E-state index contributed by atoms with van der Waals surface area (Å²) in [5, 5.41) is 8.26. The maximum absolute atomic E-state index is 14.6. The first-order chi connectivity index (χ1) is 20.2. The molecule has 5 aromatic heterocycles. The highest BCUT2D eigenvalue weighted by atomic mass is 32.2. The number of hydrogen-bond donors (Lipinski definition) is 4. The van der Waals surface area contributed by atoms with Gasteiger partial charge in [-0.15, -0.1) is 0 Å². The van der Waals surface area contributed by atoms with Crippen molar-refractivity contribution in [2.24, 2.45) is 5.73 Å². The average molecular weight is 586 g/mol. The Bertz CT molecular complexity index is 2090. The fourth-order valence-corrected chi connectivity index (χ4v) is 5.36. The fourth-order valence-electron chi connectivity index (χ4n) is 4.93. The maximum atomic E-state index is 14.6. The summed E-state index contributed by atoms with van der Waals surface area (Å²) in [4.78, 5) is 28.2. The van der Waals surface area contributed by atoms with E-state index in [1.165, 1.54) is 12.1 Å². The summed E-state index contributed by atoms with van der Waals surface area (Å²) in [5.41, 5.74) is 11.0. The van der Waals surface area contributed by atoms with Crippen molar-refractivity contribution in [1.29, 1.82) is 0 Å². The number of fused-ring (bicyclic) bond motifs is 2. The van der Waals surface area contributed by atoms with E-state index in [0.717, 1.165) is 30.5 Å². The predicted molar refractivity (Wildman–Crippen MR) is 155 cm³/mol. The smallest absolute Gasteiger partial charge is 0.209 e. The van der Waals surface area contributed by atoms with Crippen LogP contribution in [0.4, 0.5) is 10.2 Å². The fraction of sp³-hybridized carbons (Fsp3) is 0.185. The van der Waals surface area contributed by atoms with Gasteiger partial charge in [0, 0.05) is 42.8 Å². The molecular formula is C27H24FN11O2S. The predicted octanol–water partition coefficient (Wildman–Crippen LogP) is 2.36. The van der Waals surface area contributed by atoms with E-state index >= 15 is 0 Å². The second-order valence-corrected chi connectivity index (χ2v) is 12.0. The van der Waals surface area contributed by atoms with Crippen LogP contribution in [0.25, 0.3) is 56.1 Å². The summed E-state index contributed by atoms with van der Waals surface area (Å²) < 4.78 is 40.0. The monoisotopic (exact) mass is 585 g/mol. The highest BCUT2D eigenvalue weighted by molar-refractivity contribution is 7.88. The number of nitrogens with one attached hydrogen (secondary N) is 3. The van der Waals surface area contributed by atoms with Crippen LogP contribution in [0.3, 0.4) is 0 Å². The lowest BCUT2D eigenvalue weighted by atomic mass is 10.1. The van der Waals surface area contributed by atoms with Gasteiger partial charge in [-0.1, -0.05) is 0 Å². The minimum atomic E-state index is -3.45. The lowest BCUT2D eigenvalue weighted by molar-refractivity contribution is 0.514. The lowest BCUT2D eigenvalue weighted by Gasteiger charge is -2.37. The van der Waals surface area contributed by atoms with E-state index in [0.29, 0.717) is 56.3 Å². The minimum absolute atomic E-state index is 0.0557. The van der Waals surface area contributed by atoms with E-state index in [1.807, 2.05) is 6.07 Å². The summed E-state index contributed by atoms with van der Waals surface area (Å²) in [6.07, 6.45) is 7.70. The van der Waals surface area contributed by atoms with Crippen LogP contribution in [-0.2, 0) is 16.6 Å². The molecule has 0 radical (unpaired) electrons. The van der Waals surface area contributed by atoms with Gasteiger partial charge in [-0.05, 0) is 35.9 Å². The molecule has 0 bridgehead atoms. The number of rotatable bonds is 7. The highest BCUT2D eigenvalue weighted by Gasteiger charge is 2.25. The molecule has 6 aromatic rings. The Balaban J connectivity index is 1.26. The Morgan fingerprint density at radius 2 is 1.90 bits per heavy atom. The second kappa shape index (κ2) is 9.90. The molecule has 1 aliphatic rings. The van der Waals surface area contributed by atoms with Crippen molar-refractivity contribution in [2.75, 3.05) is 24.2 Å². The number of anilines is 1. The number of nitrogens with two attached hydrogens (primary N) is 1. The van der Waals surface area contributed by atoms with Crippen molar-refractivity contribution in [1.82, 2.24) is 44.8 Å². The van der Waals surface area contributed by atoms with Gasteiger partial charge in [-0.3, -0.25) is 20.1 Å². The molecule has 1 saturated heterocycles. The summed E-state index contributed by atoms with van der Waals surface area (Å²) in [5.74, 6) is 0.704. The number of aromatic amines is 2. The molecule has 13 nitrogen and oxygen atoms in total. The minimum Gasteiger partial charge on any atom is -0.352 e. The summed E-state index contributed by atoms with van der Waals surface area (Å²) in [7, 11) is -3.45. The highest BCUT2D eigenvalue weighted by Crippen LogP contribution is 2.32. The molecule has 5 N–H and O–H groups in total. The normalized spacial score (nSPS) is 14.1. The number of halogens is 1. The van der Waals surface area contributed by atoms with Gasteiger partial charge in [0.05, 0.1) is 47.3 Å². The molecule has 0 atom stereocenters. The molecule has 15 heteroatoms. The van der Waals surface area contributed by atoms with E-state index in [2.05, 4.69) is 39.8 Å². The van der Waals surface area contributed by atoms with Crippen molar-refractivity contribution in [3.8, 4) is 34.2 Å². The standard InChI is InChI=1S/C27H24FN11O2S/c1-42(40,41)33-8-14-4-15(6-16(28)5-14)24-26-19(2-3-31-24)35-27(36-26)25-18-7-20(32-10-21(18)37-38-25)22-9-30-11-23(34-22)39-12-17(29)13-39/h2-7,9-11,17,33H,8,12-13,29H2,1H3,(H,35,36)(H,37,38). The molecule has 0 spiro atoms. The Labute approximate surface area is 238 Å². The summed E-state index contributed by atoms with van der Waals surface area (Å²) >= 11 is 0. The van der Waals surface area contributed by atoms with Gasteiger partial charge in [0.25, 0.3) is 0 Å². The van der Waals surface area contributed by atoms with Gasteiger partial charge >= 0.3 is 0 Å². The summed E-state index contributed by atoms with van der Waals surface area (Å²) in [6.45, 7) is 1.40. The molecule has 6 heterocycles. The third-order valence-corrected chi connectivity index (χ3v) is 7.63. The van der Waals surface area contributed by atoms with Gasteiger partial charge in [0.2, 0.25) is 10.0 Å². The first-order valence-electron chi connectivity index (χ1n) is 13.0. The third-order valence-electron chi connectivity index (χ3n) is 6.96. The zero-order valence-electron chi connectivity index (χ0n) is 22.2. The maximum Gasteiger partial charge on any atom is 0.209 e. The molecular weight excluding hydrogens is 561 g/mol. The topological polar surface area (TPSA) is 184 Å². The SMILES string of the molecule is CS(=O)(=O)NCc1cc(F)cc(-c2nccc3[nH]c(-c4n[nH]c5cnc(-c6cncc(N7CC(N)C7)n6)cc45)nc23)c1. The summed E-state index contributed by atoms with van der Waals surface area (Å²) in [6, 6.07) is 8.08. The largest absolute Gasteiger partial charge is 0.352 e. The molecule has 1 fully saturated rings. The molecule has 0 unspecified atom stereocenters. The molecule has 1 aliphatic heterocycles. The van der Waals surface area contributed by atoms with Crippen molar-refractivity contribution >= 4 is 37.8 Å². The van der Waals surface area contributed by atoms with Crippen LogP contribution in [0, 0.1) is 5.82 Å². The Morgan fingerprint density at radius 3 is 2.71 bits per heavy atom. The first kappa shape index (κ1) is 26.1. The zero-order valence-corrected chi connectivity index (χ0v) is 23.0. The van der Waals surface area contributed by atoms with E-state index < -0.39 is 15.8 Å². The number of nitrogens with zero attached hydrogens (tertiary/aromatic N) is 7. The Hall–Kier alpha value is -4.86. The lowest BCUT2D eigenvalue weighted by Crippen LogP contribution is -2.56. The van der Waals surface area contributed by atoms with Crippen LogP contribution < -0.4 is 15.4 Å². The van der Waals surface area contributed by atoms with Gasteiger partial charge < -0.3 is 15.6 Å². The molecule has 1 aromatic carbocycles. The second-order valence-electron chi connectivity index (χ2n) is 10.2.